The van der Waals surface area contributed by atoms with E-state index in [2.05, 4.69) is 32.1 Å². The zero-order valence-electron chi connectivity index (χ0n) is 13.4. The van der Waals surface area contributed by atoms with Crippen LogP contribution in [0.3, 0.4) is 0 Å². The van der Waals surface area contributed by atoms with Gasteiger partial charge in [0.15, 0.2) is 0 Å². The predicted octanol–water partition coefficient (Wildman–Crippen LogP) is 4.18. The first kappa shape index (κ1) is 15.7. The Bertz CT molecular complexity index is 509. The van der Waals surface area contributed by atoms with Gasteiger partial charge in [-0.05, 0) is 50.4 Å². The number of alkyl halides is 2. The lowest BCUT2D eigenvalue weighted by molar-refractivity contribution is -0.170. The highest BCUT2D eigenvalue weighted by atomic mass is 19.3. The second-order valence-electron chi connectivity index (χ2n) is 7.65. The van der Waals surface area contributed by atoms with Crippen LogP contribution in [0, 0.1) is 17.3 Å². The summed E-state index contributed by atoms with van der Waals surface area (Å²) in [5, 5.41) is 0. The zero-order valence-corrected chi connectivity index (χ0v) is 13.4. The number of nitrogens with zero attached hydrogens (tertiary/aromatic N) is 1. The Kier molecular flexibility index (Phi) is 3.90. The van der Waals surface area contributed by atoms with E-state index >= 15 is 0 Å². The molecule has 0 aromatic rings. The number of rotatable bonds is 2. The van der Waals surface area contributed by atoms with Crippen molar-refractivity contribution in [3.63, 3.8) is 0 Å². The van der Waals surface area contributed by atoms with Crippen molar-refractivity contribution < 1.29 is 13.6 Å². The third-order valence-corrected chi connectivity index (χ3v) is 5.68. The van der Waals surface area contributed by atoms with Gasteiger partial charge in [-0.2, -0.15) is 0 Å². The minimum atomic E-state index is -2.66. The van der Waals surface area contributed by atoms with Crippen LogP contribution in [0.4, 0.5) is 8.78 Å². The lowest BCUT2D eigenvalue weighted by Crippen LogP contribution is -2.60. The van der Waals surface area contributed by atoms with E-state index < -0.39 is 5.92 Å². The van der Waals surface area contributed by atoms with Crippen LogP contribution >= 0.6 is 0 Å². The van der Waals surface area contributed by atoms with Crippen LogP contribution in [-0.2, 0) is 4.79 Å². The van der Waals surface area contributed by atoms with Crippen LogP contribution in [0.5, 0.6) is 0 Å². The summed E-state index contributed by atoms with van der Waals surface area (Å²) in [6.07, 6.45) is 11.5. The van der Waals surface area contributed by atoms with Gasteiger partial charge in [-0.25, -0.2) is 8.78 Å². The number of allylic oxidation sites excluding steroid dienone is 4. The SMILES string of the molecule is CC1=CC=CC(C)(C2CCC(C(=O)N3CC(F)(F)C3)CC2)C1. The molecule has 3 aliphatic rings. The van der Waals surface area contributed by atoms with Crippen molar-refractivity contribution in [1.82, 2.24) is 4.90 Å². The van der Waals surface area contributed by atoms with Crippen LogP contribution in [0.15, 0.2) is 23.8 Å². The number of carbonyl (C=O) groups excluding carboxylic acids is 1. The summed E-state index contributed by atoms with van der Waals surface area (Å²) < 4.78 is 25.8. The maximum atomic E-state index is 12.9. The number of likely N-dealkylation sites (tertiary alicyclic amines) is 1. The summed E-state index contributed by atoms with van der Waals surface area (Å²) in [5.74, 6) is -2.16. The average Bonchev–Trinajstić information content (AvgIpc) is 2.44. The van der Waals surface area contributed by atoms with Crippen LogP contribution in [0.2, 0.25) is 0 Å². The summed E-state index contributed by atoms with van der Waals surface area (Å²) >= 11 is 0. The monoisotopic (exact) mass is 309 g/mol. The van der Waals surface area contributed by atoms with Gasteiger partial charge in [0.05, 0.1) is 13.1 Å². The van der Waals surface area contributed by atoms with Gasteiger partial charge in [0.1, 0.15) is 0 Å². The molecular weight excluding hydrogens is 284 g/mol. The molecule has 1 aliphatic heterocycles. The molecule has 122 valence electrons. The maximum Gasteiger partial charge on any atom is 0.282 e. The number of hydrogen-bond acceptors (Lipinski definition) is 1. The Hall–Kier alpha value is -1.19. The number of carbonyl (C=O) groups is 1. The van der Waals surface area contributed by atoms with E-state index in [9.17, 15) is 13.6 Å². The third-order valence-electron chi connectivity index (χ3n) is 5.68. The Labute approximate surface area is 131 Å². The Morgan fingerprint density at radius 3 is 2.41 bits per heavy atom. The molecule has 4 heteroatoms. The number of halogens is 2. The van der Waals surface area contributed by atoms with Crippen molar-refractivity contribution in [2.75, 3.05) is 13.1 Å². The molecule has 3 rings (SSSR count). The van der Waals surface area contributed by atoms with E-state index in [1.54, 1.807) is 0 Å². The van der Waals surface area contributed by atoms with Crippen LogP contribution in [0.25, 0.3) is 0 Å². The van der Waals surface area contributed by atoms with Gasteiger partial charge in [0, 0.05) is 5.92 Å². The van der Waals surface area contributed by atoms with E-state index in [0.717, 1.165) is 32.1 Å². The highest BCUT2D eigenvalue weighted by Gasteiger charge is 2.48. The third kappa shape index (κ3) is 2.97. The average molecular weight is 309 g/mol. The lowest BCUT2D eigenvalue weighted by atomic mass is 9.64. The van der Waals surface area contributed by atoms with Crippen LogP contribution in [-0.4, -0.2) is 29.8 Å². The summed E-state index contributed by atoms with van der Waals surface area (Å²) in [4.78, 5) is 13.6. The summed E-state index contributed by atoms with van der Waals surface area (Å²) in [7, 11) is 0. The second kappa shape index (κ2) is 5.47. The van der Waals surface area contributed by atoms with Crippen molar-refractivity contribution in [3.8, 4) is 0 Å². The first-order chi connectivity index (χ1) is 10.3. The molecule has 1 heterocycles. The summed E-state index contributed by atoms with van der Waals surface area (Å²) in [6, 6.07) is 0. The fourth-order valence-corrected chi connectivity index (χ4v) is 4.36. The quantitative estimate of drug-likeness (QED) is 0.749. The van der Waals surface area contributed by atoms with Gasteiger partial charge in [-0.15, -0.1) is 0 Å². The van der Waals surface area contributed by atoms with Crippen LogP contribution < -0.4 is 0 Å². The minimum Gasteiger partial charge on any atom is -0.330 e. The molecule has 0 aromatic heterocycles. The highest BCUT2D eigenvalue weighted by Crippen LogP contribution is 2.46. The van der Waals surface area contributed by atoms with Gasteiger partial charge in [0.2, 0.25) is 5.91 Å². The molecule has 0 bridgehead atoms. The largest absolute Gasteiger partial charge is 0.330 e. The van der Waals surface area contributed by atoms with Crippen molar-refractivity contribution in [2.24, 2.45) is 17.3 Å². The molecule has 2 aliphatic carbocycles. The fourth-order valence-electron chi connectivity index (χ4n) is 4.36. The standard InChI is InChI=1S/C18H25F2NO/c1-13-4-3-9-17(2,10-13)15-7-5-14(6-8-15)16(22)21-11-18(19,20)12-21/h3-4,9,14-15H,5-8,10-12H2,1-2H3. The fraction of sp³-hybridized carbons (Fsp3) is 0.722. The molecule has 1 saturated heterocycles. The molecule has 0 spiro atoms. The Morgan fingerprint density at radius 1 is 1.23 bits per heavy atom. The predicted molar refractivity (Wildman–Crippen MR) is 82.6 cm³/mol. The normalized spacial score (nSPS) is 37.5. The molecule has 1 amide bonds. The van der Waals surface area contributed by atoms with Gasteiger partial charge in [-0.1, -0.05) is 30.7 Å². The van der Waals surface area contributed by atoms with Gasteiger partial charge < -0.3 is 4.90 Å². The van der Waals surface area contributed by atoms with Crippen molar-refractivity contribution >= 4 is 5.91 Å². The molecule has 1 atom stereocenters. The number of amides is 1. The summed E-state index contributed by atoms with van der Waals surface area (Å²) in [6.45, 7) is 3.72. The first-order valence-corrected chi connectivity index (χ1v) is 8.31. The summed E-state index contributed by atoms with van der Waals surface area (Å²) in [5.41, 5.74) is 1.60. The van der Waals surface area contributed by atoms with Crippen molar-refractivity contribution in [2.45, 2.75) is 51.9 Å². The molecule has 0 N–H and O–H groups in total. The minimum absolute atomic E-state index is 0.0415. The molecular formula is C18H25F2NO. The second-order valence-corrected chi connectivity index (χ2v) is 7.65. The zero-order chi connectivity index (χ0) is 16.0. The van der Waals surface area contributed by atoms with Gasteiger partial charge in [0.25, 0.3) is 5.92 Å². The Balaban J connectivity index is 1.54. The van der Waals surface area contributed by atoms with Crippen LogP contribution in [0.1, 0.15) is 46.0 Å². The first-order valence-electron chi connectivity index (χ1n) is 8.31. The number of hydrogen-bond donors (Lipinski definition) is 0. The lowest BCUT2D eigenvalue weighted by Gasteiger charge is -2.44. The van der Waals surface area contributed by atoms with E-state index in [1.807, 2.05) is 0 Å². The van der Waals surface area contributed by atoms with E-state index in [-0.39, 0.29) is 30.3 Å². The Morgan fingerprint density at radius 2 is 1.86 bits per heavy atom. The topological polar surface area (TPSA) is 20.3 Å². The smallest absolute Gasteiger partial charge is 0.282 e. The molecule has 1 saturated carbocycles. The highest BCUT2D eigenvalue weighted by molar-refractivity contribution is 5.80. The molecule has 1 unspecified atom stereocenters. The van der Waals surface area contributed by atoms with E-state index in [4.69, 9.17) is 0 Å². The van der Waals surface area contributed by atoms with E-state index in [1.165, 1.54) is 10.5 Å². The maximum absolute atomic E-state index is 12.9. The molecule has 2 nitrogen and oxygen atoms in total. The van der Waals surface area contributed by atoms with Gasteiger partial charge >= 0.3 is 0 Å². The van der Waals surface area contributed by atoms with Crippen molar-refractivity contribution in [1.29, 1.82) is 0 Å². The molecule has 2 fully saturated rings. The molecule has 0 radical (unpaired) electrons. The molecule has 0 aromatic carbocycles. The van der Waals surface area contributed by atoms with E-state index in [0.29, 0.717) is 5.92 Å². The van der Waals surface area contributed by atoms with Crippen molar-refractivity contribution in [3.05, 3.63) is 23.8 Å². The van der Waals surface area contributed by atoms with Gasteiger partial charge in [-0.3, -0.25) is 4.79 Å². The molecule has 22 heavy (non-hydrogen) atoms.